The molecule has 2 aromatic rings. The fourth-order valence-electron chi connectivity index (χ4n) is 7.61. The highest BCUT2D eigenvalue weighted by Gasteiger charge is 2.62. The summed E-state index contributed by atoms with van der Waals surface area (Å²) in [7, 11) is -3.98. The van der Waals surface area contributed by atoms with Crippen LogP contribution in [-0.4, -0.2) is 101 Å². The largest absolute Gasteiger partial charge is 0.471 e. The number of halogens is 2. The van der Waals surface area contributed by atoms with Gasteiger partial charge in [-0.3, -0.25) is 19.1 Å². The first-order valence-corrected chi connectivity index (χ1v) is 20.4. The lowest BCUT2D eigenvalue weighted by Gasteiger charge is -2.35. The maximum Gasteiger partial charge on any atom is 0.408 e. The Morgan fingerprint density at radius 1 is 1.05 bits per heavy atom. The Bertz CT molecular complexity index is 2070. The zero-order chi connectivity index (χ0) is 40.2. The molecule has 18 heteroatoms. The van der Waals surface area contributed by atoms with Gasteiger partial charge in [0.2, 0.25) is 27.7 Å². The van der Waals surface area contributed by atoms with E-state index >= 15 is 8.78 Å². The third kappa shape index (κ3) is 7.94. The van der Waals surface area contributed by atoms with E-state index in [9.17, 15) is 27.6 Å². The molecule has 0 radical (unpaired) electrons. The Morgan fingerprint density at radius 3 is 2.41 bits per heavy atom. The van der Waals surface area contributed by atoms with E-state index in [1.807, 2.05) is 0 Å². The standard InChI is InChI=1S/C38H46F2N6O9S/c1-5-21-19-37(21,34(49)45-56(51,52)23-14-15-23)44-31(47)26-18-22-20-46(26)33(48)30(36(2,3)4)43-35(50)55-28-13-8-12-27(28)53-17-9-16-38(39,40)29-32(54-22)42-25-11-7-6-10-24(25)41-29/h5-7,9-11,16,21-23,26-28,30H,1,8,12-15,17-20H2,2-4H3,(H,43,50)(H,44,47)(H,45,49)/b16-9-/t21-,22-,26+,27-,28-,30-,37-/m1/s1. The van der Waals surface area contributed by atoms with Gasteiger partial charge in [0.15, 0.2) is 5.69 Å². The molecule has 0 spiro atoms. The van der Waals surface area contributed by atoms with Crippen molar-refractivity contribution in [2.24, 2.45) is 11.3 Å². The van der Waals surface area contributed by atoms with Gasteiger partial charge in [0.1, 0.15) is 29.8 Å². The van der Waals surface area contributed by atoms with E-state index in [0.717, 1.165) is 6.08 Å². The number of carbonyl (C=O) groups is 4. The monoisotopic (exact) mass is 800 g/mol. The van der Waals surface area contributed by atoms with Gasteiger partial charge in [-0.15, -0.1) is 6.58 Å². The fourth-order valence-corrected chi connectivity index (χ4v) is 8.97. The molecular formula is C38H46F2N6O9S. The average Bonchev–Trinajstić information content (AvgIpc) is 4.03. The Morgan fingerprint density at radius 2 is 1.75 bits per heavy atom. The number of amides is 4. The molecule has 7 atom stereocenters. The van der Waals surface area contributed by atoms with Gasteiger partial charge in [0, 0.05) is 12.3 Å². The predicted octanol–water partition coefficient (Wildman–Crippen LogP) is 3.39. The minimum Gasteiger partial charge on any atom is -0.471 e. The molecule has 1 aromatic carbocycles. The number of aromatic nitrogens is 2. The number of carbonyl (C=O) groups excluding carboxylic acids is 4. The molecule has 1 aromatic heterocycles. The van der Waals surface area contributed by atoms with Crippen molar-refractivity contribution in [3.63, 3.8) is 0 Å². The highest BCUT2D eigenvalue weighted by molar-refractivity contribution is 7.91. The first kappa shape index (κ1) is 39.5. The van der Waals surface area contributed by atoms with Crippen LogP contribution in [0.1, 0.15) is 71.4 Å². The van der Waals surface area contributed by atoms with Crippen LogP contribution in [-0.2, 0) is 39.8 Å². The molecule has 2 bridgehead atoms. The summed E-state index contributed by atoms with van der Waals surface area (Å²) in [6, 6.07) is 3.79. The molecule has 7 rings (SSSR count). The number of alkyl carbamates (subject to hydrolysis) is 1. The summed E-state index contributed by atoms with van der Waals surface area (Å²) < 4.78 is 77.4. The lowest BCUT2D eigenvalue weighted by molar-refractivity contribution is -0.143. The van der Waals surface area contributed by atoms with Gasteiger partial charge in [-0.2, -0.15) is 8.78 Å². The van der Waals surface area contributed by atoms with Gasteiger partial charge < -0.3 is 29.7 Å². The molecule has 3 saturated carbocycles. The van der Waals surface area contributed by atoms with E-state index in [1.165, 1.54) is 17.0 Å². The third-order valence-corrected chi connectivity index (χ3v) is 12.8. The van der Waals surface area contributed by atoms with Crippen molar-refractivity contribution in [2.75, 3.05) is 13.2 Å². The number of para-hydroxylation sites is 2. The molecule has 5 aliphatic rings. The molecular weight excluding hydrogens is 755 g/mol. The Labute approximate surface area is 323 Å². The topological polar surface area (TPSA) is 195 Å². The first-order chi connectivity index (χ1) is 26.4. The van der Waals surface area contributed by atoms with Gasteiger partial charge in [-0.1, -0.05) is 45.1 Å². The van der Waals surface area contributed by atoms with E-state index in [1.54, 1.807) is 39.0 Å². The summed E-state index contributed by atoms with van der Waals surface area (Å²) in [5, 5.41) is 4.68. The second kappa shape index (κ2) is 14.7. The van der Waals surface area contributed by atoms with Crippen molar-refractivity contribution in [2.45, 2.75) is 113 Å². The minimum absolute atomic E-state index is 0.0530. The average molecular weight is 801 g/mol. The number of hydrogen-bond acceptors (Lipinski definition) is 11. The van der Waals surface area contributed by atoms with Crippen LogP contribution < -0.4 is 20.1 Å². The second-order valence-corrected chi connectivity index (χ2v) is 18.2. The molecule has 3 aliphatic carbocycles. The Hall–Kier alpha value is -4.71. The molecule has 2 aliphatic heterocycles. The van der Waals surface area contributed by atoms with E-state index in [4.69, 9.17) is 14.2 Å². The van der Waals surface area contributed by atoms with Gasteiger partial charge in [0.25, 0.3) is 5.91 Å². The van der Waals surface area contributed by atoms with Crippen LogP contribution in [0.2, 0.25) is 0 Å². The maximum atomic E-state index is 16.1. The zero-order valence-corrected chi connectivity index (χ0v) is 32.2. The predicted molar refractivity (Wildman–Crippen MR) is 197 cm³/mol. The van der Waals surface area contributed by atoms with Crippen molar-refractivity contribution in [3.8, 4) is 5.88 Å². The van der Waals surface area contributed by atoms with E-state index < -0.39 is 104 Å². The van der Waals surface area contributed by atoms with Crippen LogP contribution in [0.3, 0.4) is 0 Å². The SMILES string of the molecule is C=C[C@@H]1C[C@]1(NC(=O)[C@@H]1C[C@@H]2CN1C(=O)[C@H](C(C)(C)C)NC(=O)O[C@@H]1CCC[C@H]1OC/C=C\C(F)(F)c1nc3ccccc3nc1O2)C(=O)NS(=O)(=O)C1CC1. The van der Waals surface area contributed by atoms with Crippen molar-refractivity contribution in [3.05, 3.63) is 54.8 Å². The van der Waals surface area contributed by atoms with Gasteiger partial charge >= 0.3 is 12.0 Å². The molecule has 15 nitrogen and oxygen atoms in total. The van der Waals surface area contributed by atoms with Gasteiger partial charge in [0.05, 0.1) is 35.5 Å². The number of fused-ring (bicyclic) bond motifs is 5. The summed E-state index contributed by atoms with van der Waals surface area (Å²) in [5.41, 5.74) is -2.95. The number of nitrogens with zero attached hydrogens (tertiary/aromatic N) is 3. The number of rotatable bonds is 6. The molecule has 4 fully saturated rings. The summed E-state index contributed by atoms with van der Waals surface area (Å²) in [4.78, 5) is 65.7. The van der Waals surface area contributed by atoms with Crippen LogP contribution in [0.15, 0.2) is 49.1 Å². The summed E-state index contributed by atoms with van der Waals surface area (Å²) in [6.07, 6.45) is 2.18. The number of hydrogen-bond donors (Lipinski definition) is 3. The van der Waals surface area contributed by atoms with Crippen LogP contribution in [0.4, 0.5) is 13.6 Å². The normalized spacial score (nSPS) is 31.3. The number of allylic oxidation sites excluding steroid dienone is 1. The third-order valence-electron chi connectivity index (χ3n) is 11.0. The van der Waals surface area contributed by atoms with E-state index in [0.29, 0.717) is 38.2 Å². The molecule has 56 heavy (non-hydrogen) atoms. The molecule has 1 saturated heterocycles. The quantitative estimate of drug-likeness (QED) is 0.363. The highest BCUT2D eigenvalue weighted by Crippen LogP contribution is 2.46. The summed E-state index contributed by atoms with van der Waals surface area (Å²) in [5.74, 6) is -7.29. The molecule has 0 unspecified atom stereocenters. The molecule has 3 heterocycles. The number of ether oxygens (including phenoxy) is 3. The van der Waals surface area contributed by atoms with Gasteiger partial charge in [-0.05, 0) is 62.1 Å². The summed E-state index contributed by atoms with van der Waals surface area (Å²) in [6.45, 7) is 8.35. The van der Waals surface area contributed by atoms with Crippen LogP contribution in [0.5, 0.6) is 5.88 Å². The zero-order valence-electron chi connectivity index (χ0n) is 31.3. The van der Waals surface area contributed by atoms with Crippen molar-refractivity contribution in [1.29, 1.82) is 0 Å². The van der Waals surface area contributed by atoms with E-state index in [2.05, 4.69) is 31.9 Å². The van der Waals surface area contributed by atoms with Crippen LogP contribution in [0, 0.1) is 11.3 Å². The Balaban J connectivity index is 1.26. The van der Waals surface area contributed by atoms with Crippen molar-refractivity contribution < 1.29 is 50.6 Å². The number of alkyl halides is 2. The van der Waals surface area contributed by atoms with Gasteiger partial charge in [-0.25, -0.2) is 23.2 Å². The van der Waals surface area contributed by atoms with Crippen LogP contribution in [0.25, 0.3) is 11.0 Å². The second-order valence-electron chi connectivity index (χ2n) is 16.2. The summed E-state index contributed by atoms with van der Waals surface area (Å²) >= 11 is 0. The lowest BCUT2D eigenvalue weighted by Crippen LogP contribution is -2.60. The smallest absolute Gasteiger partial charge is 0.408 e. The van der Waals surface area contributed by atoms with Crippen molar-refractivity contribution in [1.82, 2.24) is 30.2 Å². The molecule has 302 valence electrons. The number of benzene rings is 1. The highest BCUT2D eigenvalue weighted by atomic mass is 32.2. The number of sulfonamides is 1. The fraction of sp³-hybridized carbons (Fsp3) is 0.579. The maximum absolute atomic E-state index is 16.1. The van der Waals surface area contributed by atoms with E-state index in [-0.39, 0.29) is 37.0 Å². The minimum atomic E-state index is -3.98. The Kier molecular flexibility index (Phi) is 10.3. The number of nitrogens with one attached hydrogen (secondary N) is 3. The van der Waals surface area contributed by atoms with Crippen LogP contribution >= 0.6 is 0 Å². The van der Waals surface area contributed by atoms with Crippen molar-refractivity contribution >= 4 is 44.9 Å². The first-order valence-electron chi connectivity index (χ1n) is 18.8. The molecule has 4 amide bonds. The lowest BCUT2D eigenvalue weighted by atomic mass is 9.85. The molecule has 3 N–H and O–H groups in total.